The molecule has 0 spiro atoms. The van der Waals surface area contributed by atoms with Crippen molar-refractivity contribution in [2.45, 2.75) is 6.92 Å². The van der Waals surface area contributed by atoms with Crippen molar-refractivity contribution in [2.24, 2.45) is 5.84 Å². The van der Waals surface area contributed by atoms with Crippen LogP contribution in [0.2, 0.25) is 10.0 Å². The van der Waals surface area contributed by atoms with Crippen LogP contribution in [0.1, 0.15) is 5.69 Å². The number of anilines is 3. The van der Waals surface area contributed by atoms with Gasteiger partial charge in [0.05, 0.1) is 15.7 Å². The highest BCUT2D eigenvalue weighted by Crippen LogP contribution is 2.31. The summed E-state index contributed by atoms with van der Waals surface area (Å²) in [6, 6.07) is 7.10. The van der Waals surface area contributed by atoms with Crippen LogP contribution < -0.4 is 16.6 Å². The summed E-state index contributed by atoms with van der Waals surface area (Å²) in [5.74, 6) is 6.20. The van der Waals surface area contributed by atoms with E-state index in [1.54, 1.807) is 24.3 Å². The number of aromatic nitrogens is 2. The Morgan fingerprint density at radius 3 is 2.72 bits per heavy atom. The third-order valence-electron chi connectivity index (χ3n) is 2.20. The standard InChI is InChI=1S/C11H11Cl2N5/c1-6-5-9(17-11(15-6)18-14)16-8-4-2-3-7(12)10(8)13/h2-5H,14H2,1H3,(H2,15,16,17,18). The van der Waals surface area contributed by atoms with Gasteiger partial charge in [0.2, 0.25) is 5.95 Å². The minimum atomic E-state index is 0.329. The highest BCUT2D eigenvalue weighted by atomic mass is 35.5. The fraction of sp³-hybridized carbons (Fsp3) is 0.0909. The van der Waals surface area contributed by atoms with Crippen LogP contribution in [0, 0.1) is 6.92 Å². The second-order valence-electron chi connectivity index (χ2n) is 3.59. The summed E-state index contributed by atoms with van der Waals surface area (Å²) in [5, 5.41) is 3.98. The van der Waals surface area contributed by atoms with E-state index in [1.807, 2.05) is 6.92 Å². The van der Waals surface area contributed by atoms with Gasteiger partial charge in [0, 0.05) is 11.8 Å². The second kappa shape index (κ2) is 5.39. The van der Waals surface area contributed by atoms with E-state index in [0.717, 1.165) is 5.69 Å². The Hall–Kier alpha value is -1.56. The molecule has 0 unspecified atom stereocenters. The van der Waals surface area contributed by atoms with Gasteiger partial charge in [0.15, 0.2) is 0 Å². The molecule has 0 saturated carbocycles. The summed E-state index contributed by atoms with van der Waals surface area (Å²) in [5.41, 5.74) is 3.85. The van der Waals surface area contributed by atoms with Crippen molar-refractivity contribution in [1.82, 2.24) is 9.97 Å². The van der Waals surface area contributed by atoms with Crippen LogP contribution in [-0.4, -0.2) is 9.97 Å². The molecule has 0 radical (unpaired) electrons. The van der Waals surface area contributed by atoms with Crippen molar-refractivity contribution in [3.05, 3.63) is 40.0 Å². The molecule has 1 aromatic carbocycles. The van der Waals surface area contributed by atoms with E-state index in [2.05, 4.69) is 20.7 Å². The highest BCUT2D eigenvalue weighted by Gasteiger charge is 2.06. The van der Waals surface area contributed by atoms with Gasteiger partial charge in [-0.2, -0.15) is 4.98 Å². The van der Waals surface area contributed by atoms with Crippen molar-refractivity contribution >= 4 is 40.7 Å². The second-order valence-corrected chi connectivity index (χ2v) is 4.37. The molecular weight excluding hydrogens is 273 g/mol. The molecule has 0 saturated heterocycles. The van der Waals surface area contributed by atoms with Crippen molar-refractivity contribution in [1.29, 1.82) is 0 Å². The first kappa shape index (κ1) is 12.9. The molecule has 5 nitrogen and oxygen atoms in total. The van der Waals surface area contributed by atoms with Gasteiger partial charge in [-0.05, 0) is 19.1 Å². The molecule has 0 amide bonds. The number of hydrogen-bond donors (Lipinski definition) is 3. The predicted octanol–water partition coefficient (Wildman–Crippen LogP) is 3.12. The van der Waals surface area contributed by atoms with Crippen LogP contribution in [0.5, 0.6) is 0 Å². The number of halogens is 2. The molecule has 0 atom stereocenters. The van der Waals surface area contributed by atoms with E-state index in [9.17, 15) is 0 Å². The Labute approximate surface area is 114 Å². The molecule has 2 aromatic rings. The lowest BCUT2D eigenvalue weighted by atomic mass is 10.3. The summed E-state index contributed by atoms with van der Waals surface area (Å²) in [7, 11) is 0. The Bertz CT molecular complexity index is 573. The maximum absolute atomic E-state index is 6.08. The zero-order valence-corrected chi connectivity index (χ0v) is 11.0. The van der Waals surface area contributed by atoms with E-state index in [1.165, 1.54) is 0 Å². The maximum atomic E-state index is 6.08. The molecule has 1 aromatic heterocycles. The van der Waals surface area contributed by atoms with Gasteiger partial charge in [-0.1, -0.05) is 29.3 Å². The smallest absolute Gasteiger partial charge is 0.239 e. The first-order valence-electron chi connectivity index (χ1n) is 5.13. The normalized spacial score (nSPS) is 10.2. The summed E-state index contributed by atoms with van der Waals surface area (Å²) in [6.07, 6.45) is 0. The molecule has 2 rings (SSSR count). The molecule has 0 fully saturated rings. The minimum absolute atomic E-state index is 0.329. The molecule has 0 aliphatic rings. The van der Waals surface area contributed by atoms with Gasteiger partial charge >= 0.3 is 0 Å². The van der Waals surface area contributed by atoms with Crippen LogP contribution in [-0.2, 0) is 0 Å². The number of nitrogens with zero attached hydrogens (tertiary/aromatic N) is 2. The van der Waals surface area contributed by atoms with Crippen LogP contribution in [0.4, 0.5) is 17.5 Å². The van der Waals surface area contributed by atoms with Crippen LogP contribution in [0.25, 0.3) is 0 Å². The Morgan fingerprint density at radius 1 is 1.22 bits per heavy atom. The van der Waals surface area contributed by atoms with Gasteiger partial charge in [-0.3, -0.25) is 5.43 Å². The molecule has 7 heteroatoms. The van der Waals surface area contributed by atoms with Crippen molar-refractivity contribution in [3.8, 4) is 0 Å². The van der Waals surface area contributed by atoms with Crippen LogP contribution >= 0.6 is 23.2 Å². The topological polar surface area (TPSA) is 75.9 Å². The molecule has 94 valence electrons. The van der Waals surface area contributed by atoms with Gasteiger partial charge in [-0.15, -0.1) is 0 Å². The molecule has 1 heterocycles. The number of hydrazine groups is 1. The largest absolute Gasteiger partial charge is 0.339 e. The first-order chi connectivity index (χ1) is 8.60. The minimum Gasteiger partial charge on any atom is -0.339 e. The first-order valence-corrected chi connectivity index (χ1v) is 5.89. The Kier molecular flexibility index (Phi) is 3.86. The van der Waals surface area contributed by atoms with E-state index < -0.39 is 0 Å². The Balaban J connectivity index is 2.34. The van der Waals surface area contributed by atoms with Gasteiger partial charge in [0.1, 0.15) is 5.82 Å². The number of aryl methyl sites for hydroxylation is 1. The quantitative estimate of drug-likeness (QED) is 0.596. The third-order valence-corrected chi connectivity index (χ3v) is 3.02. The molecule has 0 aliphatic carbocycles. The number of nitrogen functional groups attached to an aromatic ring is 1. The van der Waals surface area contributed by atoms with Gasteiger partial charge < -0.3 is 5.32 Å². The summed E-state index contributed by atoms with van der Waals surface area (Å²) in [6.45, 7) is 1.84. The number of benzene rings is 1. The summed E-state index contributed by atoms with van der Waals surface area (Å²) in [4.78, 5) is 8.25. The van der Waals surface area contributed by atoms with E-state index in [4.69, 9.17) is 29.0 Å². The average Bonchev–Trinajstić information content (AvgIpc) is 2.34. The lowest BCUT2D eigenvalue weighted by molar-refractivity contribution is 1.07. The number of hydrogen-bond acceptors (Lipinski definition) is 5. The lowest BCUT2D eigenvalue weighted by Crippen LogP contribution is -2.11. The fourth-order valence-electron chi connectivity index (χ4n) is 1.44. The third kappa shape index (κ3) is 2.81. The highest BCUT2D eigenvalue weighted by molar-refractivity contribution is 6.43. The number of rotatable bonds is 3. The monoisotopic (exact) mass is 283 g/mol. The number of nitrogens with one attached hydrogen (secondary N) is 2. The molecular formula is C11H11Cl2N5. The van der Waals surface area contributed by atoms with Crippen LogP contribution in [0.3, 0.4) is 0 Å². The van der Waals surface area contributed by atoms with Crippen molar-refractivity contribution in [3.63, 3.8) is 0 Å². The molecule has 4 N–H and O–H groups in total. The van der Waals surface area contributed by atoms with E-state index in [-0.39, 0.29) is 0 Å². The van der Waals surface area contributed by atoms with Crippen molar-refractivity contribution in [2.75, 3.05) is 10.7 Å². The number of nitrogens with two attached hydrogens (primary N) is 1. The maximum Gasteiger partial charge on any atom is 0.239 e. The fourth-order valence-corrected chi connectivity index (χ4v) is 1.78. The van der Waals surface area contributed by atoms with Gasteiger partial charge in [0.25, 0.3) is 0 Å². The van der Waals surface area contributed by atoms with E-state index >= 15 is 0 Å². The lowest BCUT2D eigenvalue weighted by Gasteiger charge is -2.10. The SMILES string of the molecule is Cc1cc(Nc2cccc(Cl)c2Cl)nc(NN)n1. The Morgan fingerprint density at radius 2 is 2.00 bits per heavy atom. The summed E-state index contributed by atoms with van der Waals surface area (Å²) < 4.78 is 0. The van der Waals surface area contributed by atoms with Crippen molar-refractivity contribution < 1.29 is 0 Å². The average molecular weight is 284 g/mol. The molecule has 0 bridgehead atoms. The predicted molar refractivity (Wildman–Crippen MR) is 74.3 cm³/mol. The zero-order valence-electron chi connectivity index (χ0n) is 9.54. The molecule has 0 aliphatic heterocycles. The zero-order chi connectivity index (χ0) is 13.1. The molecule has 18 heavy (non-hydrogen) atoms. The van der Waals surface area contributed by atoms with Gasteiger partial charge in [-0.25, -0.2) is 10.8 Å². The van der Waals surface area contributed by atoms with E-state index in [0.29, 0.717) is 27.5 Å². The van der Waals surface area contributed by atoms with Crippen LogP contribution in [0.15, 0.2) is 24.3 Å². The summed E-state index contributed by atoms with van der Waals surface area (Å²) >= 11 is 12.0.